The molecule has 1 aliphatic heterocycles. The van der Waals surface area contributed by atoms with Crippen molar-refractivity contribution in [3.8, 4) is 0 Å². The number of nitrogens with zero attached hydrogens (tertiary/aromatic N) is 3. The van der Waals surface area contributed by atoms with Gasteiger partial charge in [0, 0.05) is 19.1 Å². The second-order valence-electron chi connectivity index (χ2n) is 8.19. The minimum Gasteiger partial charge on any atom is -0.372 e. The molecule has 2 heterocycles. The minimum absolute atomic E-state index is 0.0894. The highest BCUT2D eigenvalue weighted by Gasteiger charge is 2.26. The van der Waals surface area contributed by atoms with Gasteiger partial charge in [-0.05, 0) is 38.8 Å². The number of benzene rings is 1. The lowest BCUT2D eigenvalue weighted by Gasteiger charge is -2.36. The van der Waals surface area contributed by atoms with Gasteiger partial charge in [-0.15, -0.1) is 0 Å². The van der Waals surface area contributed by atoms with Crippen LogP contribution in [0.1, 0.15) is 46.0 Å². The Morgan fingerprint density at radius 1 is 1.10 bits per heavy atom. The maximum Gasteiger partial charge on any atom is 0.230 e. The number of fused-ring (bicyclic) bond motifs is 1. The Hall–Kier alpha value is -1.86. The fraction of sp³-hybridized carbons (Fsp3) is 0.591. The van der Waals surface area contributed by atoms with Crippen LogP contribution >= 0.6 is 11.8 Å². The lowest BCUT2D eigenvalue weighted by atomic mass is 9.95. The van der Waals surface area contributed by atoms with Gasteiger partial charge in [0.1, 0.15) is 5.03 Å². The van der Waals surface area contributed by atoms with Gasteiger partial charge in [-0.3, -0.25) is 4.79 Å². The molecule has 2 atom stereocenters. The lowest BCUT2D eigenvalue weighted by molar-refractivity contribution is -0.119. The summed E-state index contributed by atoms with van der Waals surface area (Å²) in [6.45, 7) is 5.72. The summed E-state index contributed by atoms with van der Waals surface area (Å²) in [4.78, 5) is 24.5. The second-order valence-corrected chi connectivity index (χ2v) is 9.16. The molecule has 1 aromatic heterocycles. The van der Waals surface area contributed by atoms with Crippen LogP contribution < -0.4 is 10.2 Å². The molecule has 1 aromatic carbocycles. The molecule has 2 aromatic rings. The van der Waals surface area contributed by atoms with Crippen LogP contribution in [0.15, 0.2) is 29.3 Å². The van der Waals surface area contributed by atoms with Gasteiger partial charge in [0.05, 0.1) is 29.0 Å². The summed E-state index contributed by atoms with van der Waals surface area (Å²) in [5, 5.41) is 4.02. The van der Waals surface area contributed by atoms with Gasteiger partial charge in [-0.25, -0.2) is 9.97 Å². The number of amides is 1. The summed E-state index contributed by atoms with van der Waals surface area (Å²) in [6.07, 6.45) is 6.19. The molecule has 29 heavy (non-hydrogen) atoms. The van der Waals surface area contributed by atoms with Gasteiger partial charge in [0.25, 0.3) is 0 Å². The zero-order valence-corrected chi connectivity index (χ0v) is 18.1. The Bertz CT molecular complexity index is 846. The van der Waals surface area contributed by atoms with Crippen molar-refractivity contribution in [3.05, 3.63) is 24.3 Å². The highest BCUT2D eigenvalue weighted by molar-refractivity contribution is 8.00. The molecule has 1 N–H and O–H groups in total. The van der Waals surface area contributed by atoms with Crippen molar-refractivity contribution in [1.29, 1.82) is 0 Å². The number of thioether (sulfide) groups is 1. The van der Waals surface area contributed by atoms with Crippen LogP contribution in [0.25, 0.3) is 11.0 Å². The Morgan fingerprint density at radius 2 is 1.76 bits per heavy atom. The number of carbonyl (C=O) groups is 1. The normalized spacial score (nSPS) is 23.3. The number of aromatic nitrogens is 2. The largest absolute Gasteiger partial charge is 0.372 e. The highest BCUT2D eigenvalue weighted by Crippen LogP contribution is 2.31. The lowest BCUT2D eigenvalue weighted by Crippen LogP contribution is -2.46. The summed E-state index contributed by atoms with van der Waals surface area (Å²) in [7, 11) is 0. The third kappa shape index (κ3) is 5.20. The molecule has 1 aliphatic carbocycles. The summed E-state index contributed by atoms with van der Waals surface area (Å²) < 4.78 is 5.89. The molecule has 0 bridgehead atoms. The van der Waals surface area contributed by atoms with Crippen molar-refractivity contribution in [3.63, 3.8) is 0 Å². The number of anilines is 1. The van der Waals surface area contributed by atoms with E-state index < -0.39 is 0 Å². The first-order valence-corrected chi connectivity index (χ1v) is 11.7. The number of nitrogens with one attached hydrogen (secondary N) is 1. The van der Waals surface area contributed by atoms with Crippen LogP contribution in [-0.4, -0.2) is 53.0 Å². The first-order chi connectivity index (χ1) is 14.1. The van der Waals surface area contributed by atoms with Crippen molar-refractivity contribution < 1.29 is 9.53 Å². The number of ether oxygens (including phenoxy) is 1. The Morgan fingerprint density at radius 3 is 2.45 bits per heavy atom. The van der Waals surface area contributed by atoms with Crippen molar-refractivity contribution in [1.82, 2.24) is 15.3 Å². The molecule has 7 heteroatoms. The van der Waals surface area contributed by atoms with Gasteiger partial charge in [0.2, 0.25) is 5.91 Å². The van der Waals surface area contributed by atoms with Crippen molar-refractivity contribution in [2.45, 2.75) is 69.2 Å². The second kappa shape index (κ2) is 9.30. The van der Waals surface area contributed by atoms with Crippen molar-refractivity contribution in [2.75, 3.05) is 23.7 Å². The average molecular weight is 415 g/mol. The molecule has 4 rings (SSSR count). The SMILES string of the molecule is C[C@@H]1CN(c2nc3ccccc3nc2SCC(=O)NC2CCCCC2)C[C@@H](C)O1. The number of morpholine rings is 1. The maximum atomic E-state index is 12.5. The van der Waals surface area contributed by atoms with E-state index in [9.17, 15) is 4.79 Å². The van der Waals surface area contributed by atoms with Crippen LogP contribution in [-0.2, 0) is 9.53 Å². The van der Waals surface area contributed by atoms with E-state index in [0.29, 0.717) is 11.8 Å². The number of carbonyl (C=O) groups excluding carboxylic acids is 1. The van der Waals surface area contributed by atoms with E-state index >= 15 is 0 Å². The third-order valence-electron chi connectivity index (χ3n) is 5.55. The molecular weight excluding hydrogens is 384 g/mol. The molecule has 2 aliphatic rings. The summed E-state index contributed by atoms with van der Waals surface area (Å²) in [5.74, 6) is 1.32. The van der Waals surface area contributed by atoms with Gasteiger partial charge < -0.3 is 15.0 Å². The van der Waals surface area contributed by atoms with E-state index in [1.165, 1.54) is 31.0 Å². The van der Waals surface area contributed by atoms with E-state index in [2.05, 4.69) is 24.1 Å². The first kappa shape index (κ1) is 20.4. The van der Waals surface area contributed by atoms with Gasteiger partial charge in [-0.2, -0.15) is 0 Å². The number of hydrogen-bond donors (Lipinski definition) is 1. The van der Waals surface area contributed by atoms with E-state index in [1.54, 1.807) is 0 Å². The summed E-state index contributed by atoms with van der Waals surface area (Å²) >= 11 is 1.49. The molecule has 156 valence electrons. The summed E-state index contributed by atoms with van der Waals surface area (Å²) in [6, 6.07) is 8.25. The van der Waals surface area contributed by atoms with Crippen molar-refractivity contribution in [2.24, 2.45) is 0 Å². The van der Waals surface area contributed by atoms with Crippen molar-refractivity contribution >= 4 is 34.5 Å². The predicted molar refractivity (Wildman–Crippen MR) is 117 cm³/mol. The smallest absolute Gasteiger partial charge is 0.230 e. The highest BCUT2D eigenvalue weighted by atomic mass is 32.2. The minimum atomic E-state index is 0.0894. The fourth-order valence-electron chi connectivity index (χ4n) is 4.28. The Labute approximate surface area is 176 Å². The molecule has 0 spiro atoms. The number of hydrogen-bond acceptors (Lipinski definition) is 6. The Kier molecular flexibility index (Phi) is 6.55. The fourth-order valence-corrected chi connectivity index (χ4v) is 5.10. The number of para-hydroxylation sites is 2. The van der Waals surface area contributed by atoms with Gasteiger partial charge >= 0.3 is 0 Å². The van der Waals surface area contributed by atoms with E-state index in [0.717, 1.165) is 47.8 Å². The predicted octanol–water partition coefficient (Wildman–Crippen LogP) is 3.78. The average Bonchev–Trinajstić information content (AvgIpc) is 2.71. The maximum absolute atomic E-state index is 12.5. The van der Waals surface area contributed by atoms with Crippen LogP contribution in [0.3, 0.4) is 0 Å². The molecule has 2 fully saturated rings. The van der Waals surface area contributed by atoms with Crippen LogP contribution in [0.4, 0.5) is 5.82 Å². The van der Waals surface area contributed by atoms with E-state index in [1.807, 2.05) is 24.3 Å². The van der Waals surface area contributed by atoms with Gasteiger partial charge in [-0.1, -0.05) is 43.2 Å². The molecule has 0 unspecified atom stereocenters. The molecule has 6 nitrogen and oxygen atoms in total. The van der Waals surface area contributed by atoms with Gasteiger partial charge in [0.15, 0.2) is 5.82 Å². The van der Waals surface area contributed by atoms with Crippen LogP contribution in [0.2, 0.25) is 0 Å². The molecule has 1 saturated carbocycles. The Balaban J connectivity index is 1.52. The first-order valence-electron chi connectivity index (χ1n) is 10.7. The van der Waals surface area contributed by atoms with E-state index in [4.69, 9.17) is 14.7 Å². The van der Waals surface area contributed by atoms with Crippen LogP contribution in [0.5, 0.6) is 0 Å². The molecular formula is C22H30N4O2S. The summed E-state index contributed by atoms with van der Waals surface area (Å²) in [5.41, 5.74) is 1.74. The zero-order valence-electron chi connectivity index (χ0n) is 17.3. The monoisotopic (exact) mass is 414 g/mol. The molecule has 0 radical (unpaired) electrons. The quantitative estimate of drug-likeness (QED) is 0.751. The zero-order chi connectivity index (χ0) is 20.2. The third-order valence-corrected chi connectivity index (χ3v) is 6.50. The molecule has 1 amide bonds. The topological polar surface area (TPSA) is 67.4 Å². The number of rotatable bonds is 5. The molecule has 1 saturated heterocycles. The van der Waals surface area contributed by atoms with E-state index in [-0.39, 0.29) is 18.1 Å². The van der Waals surface area contributed by atoms with Crippen LogP contribution in [0, 0.1) is 0 Å². The standard InChI is InChI=1S/C22H30N4O2S/c1-15-12-26(13-16(2)28-15)21-22(25-19-11-7-6-10-18(19)24-21)29-14-20(27)23-17-8-4-3-5-9-17/h6-7,10-11,15-17H,3-5,8-9,12-14H2,1-2H3,(H,23,27)/t15-,16-/m1/s1.